The zero-order chi connectivity index (χ0) is 8.43. The number of hydrogen-bond acceptors (Lipinski definition) is 4. The fourth-order valence-corrected chi connectivity index (χ4v) is 1.22. The lowest BCUT2D eigenvalue weighted by molar-refractivity contribution is -0.137. The van der Waals surface area contributed by atoms with Crippen LogP contribution in [0.1, 0.15) is 0 Å². The predicted octanol–water partition coefficient (Wildman–Crippen LogP) is -0.300. The van der Waals surface area contributed by atoms with Gasteiger partial charge in [-0.25, -0.2) is 0 Å². The molecule has 0 spiro atoms. The largest absolute Gasteiger partial charge is 0.494 e. The lowest BCUT2D eigenvalue weighted by Crippen LogP contribution is -2.18. The van der Waals surface area contributed by atoms with E-state index in [0.717, 1.165) is 15.9 Å². The SMILES string of the molecule is O=C(O)Cn1c(O)csc1=O. The Bertz CT molecular complexity index is 325. The molecule has 11 heavy (non-hydrogen) atoms. The zero-order valence-corrected chi connectivity index (χ0v) is 6.17. The van der Waals surface area contributed by atoms with Crippen molar-refractivity contribution >= 4 is 17.3 Å². The van der Waals surface area contributed by atoms with Crippen LogP contribution in [0.15, 0.2) is 10.2 Å². The molecular formula is C5H5NO4S. The third-order valence-corrected chi connectivity index (χ3v) is 1.81. The van der Waals surface area contributed by atoms with Crippen LogP contribution in [0.2, 0.25) is 0 Å². The van der Waals surface area contributed by atoms with Crippen molar-refractivity contribution in [2.24, 2.45) is 0 Å². The molecule has 0 aromatic carbocycles. The van der Waals surface area contributed by atoms with Crippen LogP contribution in [0.4, 0.5) is 0 Å². The summed E-state index contributed by atoms with van der Waals surface area (Å²) in [5, 5.41) is 18.4. The average molecular weight is 175 g/mol. The fourth-order valence-electron chi connectivity index (χ4n) is 0.605. The molecule has 0 fully saturated rings. The van der Waals surface area contributed by atoms with Crippen molar-refractivity contribution in [2.75, 3.05) is 0 Å². The van der Waals surface area contributed by atoms with Crippen LogP contribution in [-0.4, -0.2) is 20.7 Å². The average Bonchev–Trinajstić information content (AvgIpc) is 2.18. The number of nitrogens with zero attached hydrogens (tertiary/aromatic N) is 1. The van der Waals surface area contributed by atoms with Gasteiger partial charge in [-0.3, -0.25) is 14.2 Å². The van der Waals surface area contributed by atoms with Crippen LogP contribution in [0.5, 0.6) is 5.88 Å². The summed E-state index contributed by atoms with van der Waals surface area (Å²) in [5.41, 5.74) is 0. The zero-order valence-electron chi connectivity index (χ0n) is 5.35. The Morgan fingerprint density at radius 3 is 2.73 bits per heavy atom. The third kappa shape index (κ3) is 1.58. The number of aliphatic carboxylic acids is 1. The van der Waals surface area contributed by atoms with Crippen LogP contribution >= 0.6 is 11.3 Å². The number of thiazole rings is 1. The van der Waals surface area contributed by atoms with Crippen molar-refractivity contribution in [1.82, 2.24) is 4.57 Å². The first-order valence-corrected chi connectivity index (χ1v) is 3.58. The Balaban J connectivity index is 3.01. The summed E-state index contributed by atoms with van der Waals surface area (Å²) in [6.45, 7) is -0.492. The number of carboxylic acids is 1. The molecule has 60 valence electrons. The minimum absolute atomic E-state index is 0.303. The molecule has 1 heterocycles. The van der Waals surface area contributed by atoms with Crippen LogP contribution in [-0.2, 0) is 11.3 Å². The van der Waals surface area contributed by atoms with Crippen LogP contribution in [0, 0.1) is 0 Å². The second-order valence-corrected chi connectivity index (χ2v) is 2.66. The van der Waals surface area contributed by atoms with Crippen molar-refractivity contribution in [2.45, 2.75) is 6.54 Å². The smallest absolute Gasteiger partial charge is 0.323 e. The van der Waals surface area contributed by atoms with Gasteiger partial charge < -0.3 is 10.2 Å². The number of aromatic hydroxyl groups is 1. The summed E-state index contributed by atoms with van der Waals surface area (Å²) in [4.78, 5) is 20.4. The molecule has 0 saturated carbocycles. The van der Waals surface area contributed by atoms with Gasteiger partial charge >= 0.3 is 10.8 Å². The van der Waals surface area contributed by atoms with E-state index in [0.29, 0.717) is 0 Å². The molecule has 1 rings (SSSR count). The highest BCUT2D eigenvalue weighted by Crippen LogP contribution is 2.07. The van der Waals surface area contributed by atoms with Gasteiger partial charge in [0.2, 0.25) is 5.88 Å². The Morgan fingerprint density at radius 2 is 2.36 bits per heavy atom. The number of carbonyl (C=O) groups is 1. The Hall–Kier alpha value is -1.30. The molecule has 6 heteroatoms. The molecule has 1 aromatic heterocycles. The number of rotatable bonds is 2. The van der Waals surface area contributed by atoms with Gasteiger partial charge in [-0.1, -0.05) is 11.3 Å². The van der Waals surface area contributed by atoms with Crippen molar-refractivity contribution < 1.29 is 15.0 Å². The molecule has 5 nitrogen and oxygen atoms in total. The summed E-state index contributed by atoms with van der Waals surface area (Å²) < 4.78 is 0.785. The molecule has 0 amide bonds. The van der Waals surface area contributed by atoms with Gasteiger partial charge in [-0.15, -0.1) is 0 Å². The maximum atomic E-state index is 10.7. The Kier molecular flexibility index (Phi) is 1.95. The second kappa shape index (κ2) is 2.75. The first-order valence-electron chi connectivity index (χ1n) is 2.70. The molecule has 0 aliphatic carbocycles. The summed E-state index contributed by atoms with van der Waals surface area (Å²) >= 11 is 0.767. The van der Waals surface area contributed by atoms with Gasteiger partial charge in [0, 0.05) is 0 Å². The van der Waals surface area contributed by atoms with Gasteiger partial charge in [0.25, 0.3) is 0 Å². The summed E-state index contributed by atoms with van der Waals surface area (Å²) in [5.74, 6) is -1.46. The third-order valence-electron chi connectivity index (χ3n) is 1.06. The van der Waals surface area contributed by atoms with E-state index in [1.54, 1.807) is 0 Å². The summed E-state index contributed by atoms with van der Waals surface area (Å²) in [7, 11) is 0. The fraction of sp³-hybridized carbons (Fsp3) is 0.200. The maximum Gasteiger partial charge on any atom is 0.323 e. The van der Waals surface area contributed by atoms with E-state index >= 15 is 0 Å². The molecule has 0 aliphatic rings. The predicted molar refractivity (Wildman–Crippen MR) is 37.9 cm³/mol. The molecule has 0 saturated heterocycles. The lowest BCUT2D eigenvalue weighted by atomic mass is 10.6. The molecular weight excluding hydrogens is 170 g/mol. The van der Waals surface area contributed by atoms with E-state index < -0.39 is 17.4 Å². The van der Waals surface area contributed by atoms with Gasteiger partial charge in [0.05, 0.1) is 5.38 Å². The minimum Gasteiger partial charge on any atom is -0.494 e. The summed E-state index contributed by atoms with van der Waals surface area (Å²) in [6, 6.07) is 0. The van der Waals surface area contributed by atoms with E-state index in [4.69, 9.17) is 10.2 Å². The van der Waals surface area contributed by atoms with Crippen LogP contribution < -0.4 is 4.87 Å². The molecule has 1 aromatic rings. The molecule has 0 unspecified atom stereocenters. The minimum atomic E-state index is -1.15. The van der Waals surface area contributed by atoms with E-state index in [1.165, 1.54) is 5.38 Å². The van der Waals surface area contributed by atoms with Gasteiger partial charge in [-0.05, 0) is 0 Å². The first kappa shape index (κ1) is 7.80. The molecule has 0 atom stereocenters. The maximum absolute atomic E-state index is 10.7. The summed E-state index contributed by atoms with van der Waals surface area (Å²) in [6.07, 6.45) is 0. The van der Waals surface area contributed by atoms with Crippen LogP contribution in [0.3, 0.4) is 0 Å². The van der Waals surface area contributed by atoms with Crippen molar-refractivity contribution in [3.8, 4) is 5.88 Å². The van der Waals surface area contributed by atoms with Gasteiger partial charge in [-0.2, -0.15) is 0 Å². The Labute approximate surface area is 65.1 Å². The van der Waals surface area contributed by atoms with Crippen molar-refractivity contribution in [1.29, 1.82) is 0 Å². The highest BCUT2D eigenvalue weighted by Gasteiger charge is 2.07. The van der Waals surface area contributed by atoms with Crippen molar-refractivity contribution in [3.05, 3.63) is 15.0 Å². The number of aromatic nitrogens is 1. The quantitative estimate of drug-likeness (QED) is 0.646. The van der Waals surface area contributed by atoms with E-state index in [9.17, 15) is 9.59 Å². The van der Waals surface area contributed by atoms with Crippen molar-refractivity contribution in [3.63, 3.8) is 0 Å². The monoisotopic (exact) mass is 175 g/mol. The normalized spacial score (nSPS) is 9.82. The van der Waals surface area contributed by atoms with E-state index in [-0.39, 0.29) is 5.88 Å². The number of carboxylic acid groups (broad SMARTS) is 1. The van der Waals surface area contributed by atoms with E-state index in [2.05, 4.69) is 0 Å². The van der Waals surface area contributed by atoms with Crippen LogP contribution in [0.25, 0.3) is 0 Å². The Morgan fingerprint density at radius 1 is 1.73 bits per heavy atom. The molecule has 0 aliphatic heterocycles. The first-order chi connectivity index (χ1) is 5.11. The highest BCUT2D eigenvalue weighted by atomic mass is 32.1. The molecule has 2 N–H and O–H groups in total. The molecule has 0 radical (unpaired) electrons. The van der Waals surface area contributed by atoms with Gasteiger partial charge in [0.1, 0.15) is 6.54 Å². The number of hydrogen-bond donors (Lipinski definition) is 2. The van der Waals surface area contributed by atoms with Gasteiger partial charge in [0.15, 0.2) is 0 Å². The van der Waals surface area contributed by atoms with E-state index in [1.807, 2.05) is 0 Å². The topological polar surface area (TPSA) is 79.5 Å². The second-order valence-electron chi connectivity index (χ2n) is 1.84. The highest BCUT2D eigenvalue weighted by molar-refractivity contribution is 7.07. The molecule has 0 bridgehead atoms. The standard InChI is InChI=1S/C5H5NO4S/c7-3-2-11-5(10)6(3)1-4(8)9/h2,7H,1H2,(H,8,9). The lowest BCUT2D eigenvalue weighted by Gasteiger charge is -1.95.